The van der Waals surface area contributed by atoms with Gasteiger partial charge >= 0.3 is 0 Å². The Morgan fingerprint density at radius 1 is 0.923 bits per heavy atom. The third kappa shape index (κ3) is 4.02. The Bertz CT molecular complexity index is 973. The number of anilines is 3. The summed E-state index contributed by atoms with van der Waals surface area (Å²) in [7, 11) is 0. The minimum absolute atomic E-state index is 0.227. The monoisotopic (exact) mass is 343 g/mol. The van der Waals surface area contributed by atoms with E-state index in [9.17, 15) is 4.79 Å². The average Bonchev–Trinajstić information content (AvgIpc) is 2.66. The number of amides is 1. The zero-order chi connectivity index (χ0) is 18.5. The predicted molar refractivity (Wildman–Crippen MR) is 100 cm³/mol. The van der Waals surface area contributed by atoms with Crippen molar-refractivity contribution in [3.05, 3.63) is 76.9 Å². The summed E-state index contributed by atoms with van der Waals surface area (Å²) in [5, 5.41) is 22.7. The molecule has 0 aliphatic carbocycles. The molecular formula is C20H17N5O. The van der Waals surface area contributed by atoms with Crippen LogP contribution in [-0.2, 0) is 0 Å². The molecule has 1 heterocycles. The van der Waals surface area contributed by atoms with Crippen LogP contribution >= 0.6 is 0 Å². The summed E-state index contributed by atoms with van der Waals surface area (Å²) in [5.74, 6) is 0.688. The van der Waals surface area contributed by atoms with Gasteiger partial charge in [0.15, 0.2) is 11.6 Å². The highest BCUT2D eigenvalue weighted by Gasteiger charge is 2.08. The van der Waals surface area contributed by atoms with Gasteiger partial charge in [-0.3, -0.25) is 4.79 Å². The number of nitrogens with one attached hydrogen (secondary N) is 2. The normalized spacial score (nSPS) is 10.0. The molecule has 2 N–H and O–H groups in total. The SMILES string of the molecule is Cc1ccc(C(=O)Nc2ccc(Nc3ccc(C#N)cc3)nn2)cc1C. The molecule has 0 aliphatic rings. The van der Waals surface area contributed by atoms with Crippen LogP contribution in [0.4, 0.5) is 17.3 Å². The van der Waals surface area contributed by atoms with Crippen LogP contribution in [0, 0.1) is 25.2 Å². The lowest BCUT2D eigenvalue weighted by molar-refractivity contribution is 0.102. The molecule has 6 heteroatoms. The number of hydrogen-bond acceptors (Lipinski definition) is 5. The molecule has 2 aromatic carbocycles. The molecule has 6 nitrogen and oxygen atoms in total. The highest BCUT2D eigenvalue weighted by molar-refractivity contribution is 6.03. The molecule has 0 radical (unpaired) electrons. The van der Waals surface area contributed by atoms with Crippen molar-refractivity contribution in [1.82, 2.24) is 10.2 Å². The van der Waals surface area contributed by atoms with Gasteiger partial charge in [0.05, 0.1) is 11.6 Å². The summed E-state index contributed by atoms with van der Waals surface area (Å²) in [5.41, 5.74) is 4.16. The second kappa shape index (κ2) is 7.45. The Hall–Kier alpha value is -3.72. The first-order valence-electron chi connectivity index (χ1n) is 8.05. The van der Waals surface area contributed by atoms with Crippen LogP contribution in [0.15, 0.2) is 54.6 Å². The van der Waals surface area contributed by atoms with E-state index in [1.165, 1.54) is 0 Å². The molecule has 1 amide bonds. The summed E-state index contributed by atoms with van der Waals surface area (Å²) in [6.45, 7) is 3.97. The average molecular weight is 343 g/mol. The van der Waals surface area contributed by atoms with Crippen LogP contribution in [-0.4, -0.2) is 16.1 Å². The number of carbonyl (C=O) groups is 1. The standard InChI is InChI=1S/C20H17N5O/c1-13-3-6-16(11-14(13)2)20(26)23-19-10-9-18(24-25-19)22-17-7-4-15(12-21)5-8-17/h3-11H,1-2H3,(H,22,24)(H,23,25,26). The van der Waals surface area contributed by atoms with E-state index < -0.39 is 0 Å². The number of carbonyl (C=O) groups excluding carboxylic acids is 1. The maximum atomic E-state index is 12.3. The molecular weight excluding hydrogens is 326 g/mol. The largest absolute Gasteiger partial charge is 0.339 e. The fourth-order valence-corrected chi connectivity index (χ4v) is 2.31. The predicted octanol–water partition coefficient (Wildman–Crippen LogP) is 3.96. The fourth-order valence-electron chi connectivity index (χ4n) is 2.31. The van der Waals surface area contributed by atoms with E-state index in [0.29, 0.717) is 22.8 Å². The lowest BCUT2D eigenvalue weighted by atomic mass is 10.1. The van der Waals surface area contributed by atoms with E-state index in [2.05, 4.69) is 26.9 Å². The van der Waals surface area contributed by atoms with Gasteiger partial charge < -0.3 is 10.6 Å². The van der Waals surface area contributed by atoms with Crippen LogP contribution < -0.4 is 10.6 Å². The molecule has 3 rings (SSSR count). The lowest BCUT2D eigenvalue weighted by Crippen LogP contribution is -2.13. The van der Waals surface area contributed by atoms with Gasteiger partial charge in [-0.1, -0.05) is 6.07 Å². The van der Waals surface area contributed by atoms with Crippen LogP contribution in [0.2, 0.25) is 0 Å². The van der Waals surface area contributed by atoms with Crippen LogP contribution in [0.25, 0.3) is 0 Å². The van der Waals surface area contributed by atoms with Gasteiger partial charge in [0.2, 0.25) is 0 Å². The Kier molecular flexibility index (Phi) is 4.90. The summed E-state index contributed by atoms with van der Waals surface area (Å²) < 4.78 is 0. The highest BCUT2D eigenvalue weighted by atomic mass is 16.1. The Labute approximate surface area is 151 Å². The van der Waals surface area contributed by atoms with Crippen LogP contribution in [0.1, 0.15) is 27.0 Å². The fraction of sp³-hybridized carbons (Fsp3) is 0.100. The molecule has 0 spiro atoms. The number of benzene rings is 2. The molecule has 26 heavy (non-hydrogen) atoms. The van der Waals surface area contributed by atoms with E-state index in [1.807, 2.05) is 26.0 Å². The van der Waals surface area contributed by atoms with Crippen molar-refractivity contribution in [1.29, 1.82) is 5.26 Å². The Morgan fingerprint density at radius 2 is 1.62 bits per heavy atom. The van der Waals surface area contributed by atoms with Crippen molar-refractivity contribution in [3.63, 3.8) is 0 Å². The first-order chi connectivity index (χ1) is 12.5. The summed E-state index contributed by atoms with van der Waals surface area (Å²) in [6.07, 6.45) is 0. The highest BCUT2D eigenvalue weighted by Crippen LogP contribution is 2.16. The van der Waals surface area contributed by atoms with Crippen molar-refractivity contribution in [2.75, 3.05) is 10.6 Å². The van der Waals surface area contributed by atoms with Gasteiger partial charge in [-0.2, -0.15) is 5.26 Å². The number of nitriles is 1. The number of aryl methyl sites for hydroxylation is 2. The first kappa shape index (κ1) is 17.1. The van der Waals surface area contributed by atoms with E-state index in [1.54, 1.807) is 42.5 Å². The zero-order valence-corrected chi connectivity index (χ0v) is 14.4. The second-order valence-electron chi connectivity index (χ2n) is 5.87. The Morgan fingerprint density at radius 3 is 2.23 bits per heavy atom. The minimum atomic E-state index is -0.227. The van der Waals surface area contributed by atoms with Crippen molar-refractivity contribution < 1.29 is 4.79 Å². The minimum Gasteiger partial charge on any atom is -0.339 e. The van der Waals surface area contributed by atoms with Gasteiger partial charge in [0, 0.05) is 11.3 Å². The molecule has 0 saturated carbocycles. The second-order valence-corrected chi connectivity index (χ2v) is 5.87. The van der Waals surface area contributed by atoms with E-state index in [4.69, 9.17) is 5.26 Å². The molecule has 0 aliphatic heterocycles. The topological polar surface area (TPSA) is 90.7 Å². The molecule has 0 unspecified atom stereocenters. The van der Waals surface area contributed by atoms with E-state index in [0.717, 1.165) is 16.8 Å². The molecule has 0 saturated heterocycles. The molecule has 128 valence electrons. The number of nitrogens with zero attached hydrogens (tertiary/aromatic N) is 3. The van der Waals surface area contributed by atoms with Crippen molar-refractivity contribution in [3.8, 4) is 6.07 Å². The molecule has 3 aromatic rings. The maximum Gasteiger partial charge on any atom is 0.256 e. The molecule has 0 fully saturated rings. The molecule has 0 bridgehead atoms. The van der Waals surface area contributed by atoms with E-state index in [-0.39, 0.29) is 5.91 Å². The smallest absolute Gasteiger partial charge is 0.256 e. The third-order valence-corrected chi connectivity index (χ3v) is 3.96. The maximum absolute atomic E-state index is 12.3. The number of hydrogen-bond donors (Lipinski definition) is 2. The van der Waals surface area contributed by atoms with Gasteiger partial charge in [0.1, 0.15) is 0 Å². The summed E-state index contributed by atoms with van der Waals surface area (Å²) in [4.78, 5) is 12.3. The van der Waals surface area contributed by atoms with Crippen molar-refractivity contribution in [2.45, 2.75) is 13.8 Å². The quantitative estimate of drug-likeness (QED) is 0.748. The van der Waals surface area contributed by atoms with Gasteiger partial charge in [0.25, 0.3) is 5.91 Å². The molecule has 1 aromatic heterocycles. The first-order valence-corrected chi connectivity index (χ1v) is 8.05. The number of rotatable bonds is 4. The zero-order valence-electron chi connectivity index (χ0n) is 14.4. The van der Waals surface area contributed by atoms with Gasteiger partial charge in [-0.25, -0.2) is 0 Å². The third-order valence-electron chi connectivity index (χ3n) is 3.96. The van der Waals surface area contributed by atoms with Gasteiger partial charge in [-0.05, 0) is 73.5 Å². The van der Waals surface area contributed by atoms with Crippen molar-refractivity contribution in [2.24, 2.45) is 0 Å². The van der Waals surface area contributed by atoms with E-state index >= 15 is 0 Å². The van der Waals surface area contributed by atoms with Crippen LogP contribution in [0.5, 0.6) is 0 Å². The number of aromatic nitrogens is 2. The van der Waals surface area contributed by atoms with Gasteiger partial charge in [-0.15, -0.1) is 10.2 Å². The Balaban J connectivity index is 1.66. The van der Waals surface area contributed by atoms with Crippen molar-refractivity contribution >= 4 is 23.2 Å². The van der Waals surface area contributed by atoms with Crippen LogP contribution in [0.3, 0.4) is 0 Å². The molecule has 0 atom stereocenters. The summed E-state index contributed by atoms with van der Waals surface area (Å²) >= 11 is 0. The lowest BCUT2D eigenvalue weighted by Gasteiger charge is -2.08. The summed E-state index contributed by atoms with van der Waals surface area (Å²) in [6, 6.07) is 18.0.